The van der Waals surface area contributed by atoms with Crippen molar-refractivity contribution in [1.29, 1.82) is 0 Å². The predicted octanol–water partition coefficient (Wildman–Crippen LogP) is 8.55. The van der Waals surface area contributed by atoms with Gasteiger partial charge < -0.3 is 18.6 Å². The van der Waals surface area contributed by atoms with Crippen LogP contribution in [0.5, 0.6) is 11.5 Å². The Morgan fingerprint density at radius 2 is 1.52 bits per heavy atom. The maximum Gasteiger partial charge on any atom is 2.00 e. The first kappa shape index (κ1) is 32.5. The zero-order valence-electron chi connectivity index (χ0n) is 27.9. The number of aromatic nitrogens is 3. The van der Waals surface area contributed by atoms with E-state index in [-0.39, 0.29) is 20.4 Å². The van der Waals surface area contributed by atoms with Gasteiger partial charge in [-0.15, -0.1) is 49.9 Å². The van der Waals surface area contributed by atoms with E-state index in [0.29, 0.717) is 11.5 Å². The molecular formula is C43H29N4O2PPdSi. The van der Waals surface area contributed by atoms with Gasteiger partial charge in [0.1, 0.15) is 24.7 Å². The zero-order valence-corrected chi connectivity index (χ0v) is 31.6. The van der Waals surface area contributed by atoms with Crippen molar-refractivity contribution < 1.29 is 29.6 Å². The number of benzene rings is 6. The van der Waals surface area contributed by atoms with Crippen molar-refractivity contribution >= 4 is 82.3 Å². The minimum absolute atomic E-state index is 0. The molecule has 252 valence electrons. The normalized spacial score (nSPS) is 15.0. The summed E-state index contributed by atoms with van der Waals surface area (Å²) in [5, 5.41) is 5.93. The van der Waals surface area contributed by atoms with Crippen molar-refractivity contribution in [2.24, 2.45) is 7.05 Å². The molecule has 4 heterocycles. The second-order valence-electron chi connectivity index (χ2n) is 12.7. The topological polar surface area (TPSA) is 56.3 Å². The number of para-hydroxylation sites is 3. The zero-order chi connectivity index (χ0) is 34.1. The molecule has 6 aromatic carbocycles. The number of hydrogen-bond acceptors (Lipinski definition) is 5. The standard InChI is InChI=1S/C43H29N4O2PSi.Pd/c1-46-34-18-7-6-17-33(34)45-43(46)28-12-11-13-29(26-28)48-30-21-24-39-36(27-30)47(40-20-9-10-25-44-40)35-22-23-38-41(32-16-5-8-19-37(32)49-38)42(35)51(39,50)31-14-3-2-4-15-31;/h2-25H,50H2,1H3;/q-2;+2. The summed E-state index contributed by atoms with van der Waals surface area (Å²) in [6, 6.07) is 54.9. The van der Waals surface area contributed by atoms with Gasteiger partial charge in [0.25, 0.3) is 0 Å². The quantitative estimate of drug-likeness (QED) is 0.0994. The van der Waals surface area contributed by atoms with Crippen LogP contribution in [0, 0.1) is 12.1 Å². The Kier molecular flexibility index (Phi) is 7.95. The van der Waals surface area contributed by atoms with E-state index in [0.717, 1.165) is 61.6 Å². The minimum Gasteiger partial charge on any atom is -0.503 e. The van der Waals surface area contributed by atoms with Gasteiger partial charge in [0.05, 0.1) is 16.9 Å². The first-order valence-electron chi connectivity index (χ1n) is 16.8. The van der Waals surface area contributed by atoms with Crippen LogP contribution in [-0.2, 0) is 27.5 Å². The average molecular weight is 799 g/mol. The summed E-state index contributed by atoms with van der Waals surface area (Å²) in [5.41, 5.74) is 6.56. The molecule has 6 nitrogen and oxygen atoms in total. The molecule has 0 saturated heterocycles. The summed E-state index contributed by atoms with van der Waals surface area (Å²) in [4.78, 5) is 12.0. The predicted molar refractivity (Wildman–Crippen MR) is 211 cm³/mol. The Bertz CT molecular complexity index is 2790. The van der Waals surface area contributed by atoms with Gasteiger partial charge >= 0.3 is 20.4 Å². The second kappa shape index (κ2) is 12.7. The molecule has 0 spiro atoms. The third-order valence-electron chi connectivity index (χ3n) is 9.83. The van der Waals surface area contributed by atoms with Gasteiger partial charge in [0.15, 0.2) is 0 Å². The molecule has 1 aliphatic rings. The Labute approximate surface area is 317 Å². The molecule has 9 heteroatoms. The molecule has 0 saturated carbocycles. The van der Waals surface area contributed by atoms with E-state index in [2.05, 4.69) is 97.1 Å². The number of furan rings is 1. The number of nitrogens with zero attached hydrogens (tertiary/aromatic N) is 4. The summed E-state index contributed by atoms with van der Waals surface area (Å²) in [6.07, 6.45) is 1.83. The summed E-state index contributed by atoms with van der Waals surface area (Å²) in [5.74, 6) is 2.79. The number of fused-ring (bicyclic) bond motifs is 7. The molecule has 0 aliphatic carbocycles. The second-order valence-corrected chi connectivity index (χ2v) is 18.6. The van der Waals surface area contributed by atoms with Crippen LogP contribution in [0.25, 0.3) is 44.4 Å². The number of rotatable bonds is 5. The van der Waals surface area contributed by atoms with Crippen LogP contribution in [0.2, 0.25) is 0 Å². The number of hydrogen-bond donors (Lipinski definition) is 0. The summed E-state index contributed by atoms with van der Waals surface area (Å²) < 4.78 is 15.1. The van der Waals surface area contributed by atoms with Gasteiger partial charge in [-0.2, -0.15) is 6.07 Å². The van der Waals surface area contributed by atoms with Gasteiger partial charge in [0.2, 0.25) is 0 Å². The number of pyridine rings is 1. The molecule has 0 N–H and O–H groups in total. The van der Waals surface area contributed by atoms with E-state index in [1.807, 2.05) is 86.0 Å². The Morgan fingerprint density at radius 3 is 2.37 bits per heavy atom. The van der Waals surface area contributed by atoms with E-state index < -0.39 is 7.74 Å². The summed E-state index contributed by atoms with van der Waals surface area (Å²) in [6.45, 7) is 0. The van der Waals surface area contributed by atoms with Crippen LogP contribution in [0.1, 0.15) is 0 Å². The van der Waals surface area contributed by atoms with Crippen molar-refractivity contribution in [1.82, 2.24) is 14.5 Å². The third kappa shape index (κ3) is 4.98. The van der Waals surface area contributed by atoms with Crippen molar-refractivity contribution in [2.45, 2.75) is 0 Å². The van der Waals surface area contributed by atoms with Crippen LogP contribution in [0.15, 0.2) is 150 Å². The fourth-order valence-corrected chi connectivity index (χ4v) is 13.4. The van der Waals surface area contributed by atoms with Gasteiger partial charge in [-0.05, 0) is 47.7 Å². The third-order valence-corrected chi connectivity index (χ3v) is 16.4. The number of aryl methyl sites for hydroxylation is 1. The maximum absolute atomic E-state index is 6.58. The van der Waals surface area contributed by atoms with Crippen molar-refractivity contribution in [3.05, 3.63) is 158 Å². The first-order chi connectivity index (χ1) is 25.1. The first-order valence-corrected chi connectivity index (χ1v) is 20.6. The van der Waals surface area contributed by atoms with Gasteiger partial charge in [0, 0.05) is 41.2 Å². The molecule has 2 atom stereocenters. The molecule has 2 unspecified atom stereocenters. The summed E-state index contributed by atoms with van der Waals surface area (Å²) >= 11 is 0. The van der Waals surface area contributed by atoms with E-state index in [9.17, 15) is 0 Å². The number of ether oxygens (including phenoxy) is 1. The summed E-state index contributed by atoms with van der Waals surface area (Å²) in [7, 11) is 2.61. The fourth-order valence-electron chi connectivity index (χ4n) is 7.53. The van der Waals surface area contributed by atoms with Crippen molar-refractivity contribution in [3.63, 3.8) is 0 Å². The molecule has 1 aliphatic heterocycles. The van der Waals surface area contributed by atoms with Crippen LogP contribution in [0.4, 0.5) is 17.2 Å². The molecule has 0 radical (unpaired) electrons. The van der Waals surface area contributed by atoms with Gasteiger partial charge in [-0.3, -0.25) is 4.98 Å². The van der Waals surface area contributed by atoms with Gasteiger partial charge in [-0.1, -0.05) is 83.7 Å². The Morgan fingerprint density at radius 1 is 0.731 bits per heavy atom. The van der Waals surface area contributed by atoms with Gasteiger partial charge in [-0.25, -0.2) is 4.98 Å². The average Bonchev–Trinajstić information content (AvgIpc) is 3.73. The van der Waals surface area contributed by atoms with E-state index in [1.165, 1.54) is 15.6 Å². The molecule has 52 heavy (non-hydrogen) atoms. The maximum atomic E-state index is 6.58. The van der Waals surface area contributed by atoms with Crippen LogP contribution in [-0.4, -0.2) is 22.3 Å². The van der Waals surface area contributed by atoms with E-state index in [4.69, 9.17) is 19.1 Å². The van der Waals surface area contributed by atoms with E-state index in [1.54, 1.807) is 0 Å². The molecular weight excluding hydrogens is 770 g/mol. The molecule has 10 rings (SSSR count). The van der Waals surface area contributed by atoms with Crippen LogP contribution in [0.3, 0.4) is 0 Å². The minimum atomic E-state index is -2.78. The van der Waals surface area contributed by atoms with E-state index >= 15 is 0 Å². The fraction of sp³-hybridized carbons (Fsp3) is 0.0233. The smallest absolute Gasteiger partial charge is 0.503 e. The van der Waals surface area contributed by atoms with Crippen LogP contribution < -0.4 is 25.2 Å². The molecule has 0 fully saturated rings. The monoisotopic (exact) mass is 798 g/mol. The molecule has 0 bridgehead atoms. The molecule has 3 aromatic heterocycles. The molecule has 0 amide bonds. The number of anilines is 3. The SMILES string of the molecule is Cn1c(-c2[c-]c(Oc3[c-]c4c(cc3)[Si](P)(c3ccccc3)c3c(ccc5oc6ccccc6c35)N4c3ccccn3)ccc2)nc2ccccc21.[Pd+2]. The Hall–Kier alpha value is -5.35. The number of imidazole rings is 1. The van der Waals surface area contributed by atoms with Crippen molar-refractivity contribution in [2.75, 3.05) is 4.90 Å². The molecule has 9 aromatic rings. The van der Waals surface area contributed by atoms with Crippen molar-refractivity contribution in [3.8, 4) is 22.9 Å². The Balaban J connectivity index is 0.00000360. The largest absolute Gasteiger partial charge is 2.00 e. The van der Waals surface area contributed by atoms with Crippen LogP contribution >= 0.6 is 8.79 Å².